The molecule has 0 aliphatic carbocycles. The lowest BCUT2D eigenvalue weighted by Gasteiger charge is -2.14. The van der Waals surface area contributed by atoms with E-state index in [0.29, 0.717) is 13.0 Å². The highest BCUT2D eigenvalue weighted by Gasteiger charge is 2.08. The van der Waals surface area contributed by atoms with E-state index < -0.39 is 6.61 Å². The van der Waals surface area contributed by atoms with E-state index in [1.807, 2.05) is 13.0 Å². The summed E-state index contributed by atoms with van der Waals surface area (Å²) in [5.41, 5.74) is 0.889. The van der Waals surface area contributed by atoms with Crippen molar-refractivity contribution in [1.29, 1.82) is 0 Å². The van der Waals surface area contributed by atoms with Crippen molar-refractivity contribution in [1.82, 2.24) is 5.32 Å². The summed E-state index contributed by atoms with van der Waals surface area (Å²) >= 11 is 0. The Hall–Kier alpha value is -1.60. The van der Waals surface area contributed by atoms with Crippen LogP contribution in [0.1, 0.15) is 24.9 Å². The van der Waals surface area contributed by atoms with Crippen molar-refractivity contribution in [2.24, 2.45) is 0 Å². The second-order valence-corrected chi connectivity index (χ2v) is 3.58. The minimum Gasteiger partial charge on any atom is -0.435 e. The number of hydrogen-bond donors (Lipinski definition) is 1. The summed E-state index contributed by atoms with van der Waals surface area (Å²) in [5.74, 6) is 2.70. The summed E-state index contributed by atoms with van der Waals surface area (Å²) in [6, 6.07) is 6.69. The minimum absolute atomic E-state index is 0.0459. The van der Waals surface area contributed by atoms with Crippen molar-refractivity contribution in [2.45, 2.75) is 26.0 Å². The molecule has 1 atom stereocenters. The number of alkyl halides is 2. The molecule has 0 saturated heterocycles. The smallest absolute Gasteiger partial charge is 0.387 e. The lowest BCUT2D eigenvalue weighted by molar-refractivity contribution is -0.0499. The molecule has 1 N–H and O–H groups in total. The van der Waals surface area contributed by atoms with E-state index in [1.54, 1.807) is 12.1 Å². The fourth-order valence-electron chi connectivity index (χ4n) is 1.44. The molecule has 0 aliphatic rings. The maximum Gasteiger partial charge on any atom is 0.387 e. The summed E-state index contributed by atoms with van der Waals surface area (Å²) in [7, 11) is 0. The maximum atomic E-state index is 12.0. The third kappa shape index (κ3) is 4.83. The highest BCUT2D eigenvalue weighted by molar-refractivity contribution is 5.30. The first-order valence-electron chi connectivity index (χ1n) is 5.35. The van der Waals surface area contributed by atoms with E-state index >= 15 is 0 Å². The van der Waals surface area contributed by atoms with Crippen LogP contribution in [0, 0.1) is 12.3 Å². The number of terminal acetylenes is 1. The van der Waals surface area contributed by atoms with Gasteiger partial charge in [0.15, 0.2) is 0 Å². The average Bonchev–Trinajstić information content (AvgIpc) is 2.28. The molecule has 0 amide bonds. The Labute approximate surface area is 100.0 Å². The van der Waals surface area contributed by atoms with Crippen LogP contribution in [0.15, 0.2) is 24.3 Å². The first-order chi connectivity index (χ1) is 8.13. The van der Waals surface area contributed by atoms with Gasteiger partial charge in [-0.3, -0.25) is 0 Å². The second kappa shape index (κ2) is 6.87. The Kier molecular flexibility index (Phi) is 5.44. The van der Waals surface area contributed by atoms with Crippen LogP contribution in [0.3, 0.4) is 0 Å². The molecule has 1 unspecified atom stereocenters. The summed E-state index contributed by atoms with van der Waals surface area (Å²) in [5, 5.41) is 3.19. The second-order valence-electron chi connectivity index (χ2n) is 3.58. The first kappa shape index (κ1) is 13.5. The van der Waals surface area contributed by atoms with Crippen molar-refractivity contribution in [3.63, 3.8) is 0 Å². The quantitative estimate of drug-likeness (QED) is 0.608. The number of benzene rings is 1. The number of nitrogens with one attached hydrogen (secondary N) is 1. The molecule has 0 saturated carbocycles. The van der Waals surface area contributed by atoms with Crippen LogP contribution < -0.4 is 10.1 Å². The maximum absolute atomic E-state index is 12.0. The van der Waals surface area contributed by atoms with Gasteiger partial charge in [0.25, 0.3) is 0 Å². The molecule has 0 radical (unpaired) electrons. The lowest BCUT2D eigenvalue weighted by atomic mass is 10.1. The number of ether oxygens (including phenoxy) is 1. The molecule has 2 nitrogen and oxygen atoms in total. The third-order valence-electron chi connectivity index (χ3n) is 2.30. The Balaban J connectivity index is 2.61. The van der Waals surface area contributed by atoms with Crippen LogP contribution in [0.2, 0.25) is 0 Å². The number of halogens is 2. The van der Waals surface area contributed by atoms with Crippen molar-refractivity contribution in [3.8, 4) is 18.1 Å². The third-order valence-corrected chi connectivity index (χ3v) is 2.30. The zero-order valence-electron chi connectivity index (χ0n) is 9.62. The molecule has 0 fully saturated rings. The predicted octanol–water partition coefficient (Wildman–Crippen LogP) is 2.96. The summed E-state index contributed by atoms with van der Waals surface area (Å²) in [6.45, 7) is -0.162. The molecular weight excluding hydrogens is 224 g/mol. The van der Waals surface area contributed by atoms with Crippen LogP contribution in [0.25, 0.3) is 0 Å². The van der Waals surface area contributed by atoms with Crippen LogP contribution in [-0.4, -0.2) is 13.2 Å². The van der Waals surface area contributed by atoms with Gasteiger partial charge in [-0.25, -0.2) is 0 Å². The molecule has 1 aromatic carbocycles. The van der Waals surface area contributed by atoms with Gasteiger partial charge in [-0.15, -0.1) is 12.3 Å². The topological polar surface area (TPSA) is 21.3 Å². The van der Waals surface area contributed by atoms with Gasteiger partial charge in [-0.2, -0.15) is 8.78 Å². The molecule has 1 rings (SSSR count). The molecule has 0 bridgehead atoms. The molecule has 92 valence electrons. The molecule has 4 heteroatoms. The molecule has 0 aliphatic heterocycles. The SMILES string of the molecule is C#CCCNC(C)c1cccc(OC(F)F)c1. The van der Waals surface area contributed by atoms with Crippen LogP contribution in [-0.2, 0) is 0 Å². The fourth-order valence-corrected chi connectivity index (χ4v) is 1.44. The zero-order valence-corrected chi connectivity index (χ0v) is 9.62. The predicted molar refractivity (Wildman–Crippen MR) is 62.9 cm³/mol. The largest absolute Gasteiger partial charge is 0.435 e. The number of rotatable bonds is 6. The van der Waals surface area contributed by atoms with Crippen LogP contribution in [0.4, 0.5) is 8.78 Å². The molecule has 0 aromatic heterocycles. The van der Waals surface area contributed by atoms with Gasteiger partial charge in [-0.05, 0) is 24.6 Å². The summed E-state index contributed by atoms with van der Waals surface area (Å²) in [6.07, 6.45) is 5.78. The van der Waals surface area contributed by atoms with Gasteiger partial charge in [-0.1, -0.05) is 12.1 Å². The standard InChI is InChI=1S/C13H15F2NO/c1-3-4-8-16-10(2)11-6-5-7-12(9-11)17-13(14)15/h1,5-7,9-10,13,16H,4,8H2,2H3. The van der Waals surface area contributed by atoms with Crippen LogP contribution >= 0.6 is 0 Å². The highest BCUT2D eigenvalue weighted by Crippen LogP contribution is 2.20. The first-order valence-corrected chi connectivity index (χ1v) is 5.35. The zero-order chi connectivity index (χ0) is 12.7. The average molecular weight is 239 g/mol. The van der Waals surface area contributed by atoms with E-state index in [1.165, 1.54) is 6.07 Å². The Morgan fingerprint density at radius 2 is 2.24 bits per heavy atom. The van der Waals surface area contributed by atoms with Gasteiger partial charge in [0, 0.05) is 19.0 Å². The van der Waals surface area contributed by atoms with Crippen molar-refractivity contribution in [2.75, 3.05) is 6.54 Å². The van der Waals surface area contributed by atoms with Gasteiger partial charge >= 0.3 is 6.61 Å². The van der Waals surface area contributed by atoms with Crippen molar-refractivity contribution < 1.29 is 13.5 Å². The molecule has 0 spiro atoms. The van der Waals surface area contributed by atoms with E-state index in [2.05, 4.69) is 16.0 Å². The normalized spacial score (nSPS) is 12.2. The van der Waals surface area contributed by atoms with E-state index in [9.17, 15) is 8.78 Å². The van der Waals surface area contributed by atoms with E-state index in [-0.39, 0.29) is 11.8 Å². The van der Waals surface area contributed by atoms with E-state index in [4.69, 9.17) is 6.42 Å². The molecule has 1 aromatic rings. The van der Waals surface area contributed by atoms with Crippen molar-refractivity contribution in [3.05, 3.63) is 29.8 Å². The molecular formula is C13H15F2NO. The van der Waals surface area contributed by atoms with Gasteiger partial charge < -0.3 is 10.1 Å². The van der Waals surface area contributed by atoms with Gasteiger partial charge in [0.05, 0.1) is 0 Å². The minimum atomic E-state index is -2.80. The Morgan fingerprint density at radius 1 is 1.47 bits per heavy atom. The Morgan fingerprint density at radius 3 is 2.88 bits per heavy atom. The van der Waals surface area contributed by atoms with E-state index in [0.717, 1.165) is 5.56 Å². The number of hydrogen-bond acceptors (Lipinski definition) is 2. The molecule has 0 heterocycles. The monoisotopic (exact) mass is 239 g/mol. The fraction of sp³-hybridized carbons (Fsp3) is 0.385. The summed E-state index contributed by atoms with van der Waals surface area (Å²) in [4.78, 5) is 0. The van der Waals surface area contributed by atoms with Gasteiger partial charge in [0.1, 0.15) is 5.75 Å². The van der Waals surface area contributed by atoms with Crippen LogP contribution in [0.5, 0.6) is 5.75 Å². The molecule has 17 heavy (non-hydrogen) atoms. The lowest BCUT2D eigenvalue weighted by Crippen LogP contribution is -2.19. The van der Waals surface area contributed by atoms with Gasteiger partial charge in [0.2, 0.25) is 0 Å². The van der Waals surface area contributed by atoms with Crippen molar-refractivity contribution >= 4 is 0 Å². The Bertz CT molecular complexity index is 387. The summed E-state index contributed by atoms with van der Waals surface area (Å²) < 4.78 is 28.4. The highest BCUT2D eigenvalue weighted by atomic mass is 19.3.